The minimum Gasteiger partial charge on any atom is -0.385 e. The van der Waals surface area contributed by atoms with Gasteiger partial charge in [0.2, 0.25) is 0 Å². The van der Waals surface area contributed by atoms with E-state index in [-0.39, 0.29) is 0 Å². The SMILES string of the molecule is C1=CN=CCC1.CCOC. The van der Waals surface area contributed by atoms with E-state index in [0.717, 1.165) is 13.0 Å². The van der Waals surface area contributed by atoms with Crippen LogP contribution in [0.5, 0.6) is 0 Å². The molecule has 0 saturated carbocycles. The van der Waals surface area contributed by atoms with Crippen molar-refractivity contribution in [2.75, 3.05) is 13.7 Å². The molecule has 1 rings (SSSR count). The molecule has 58 valence electrons. The highest BCUT2D eigenvalue weighted by molar-refractivity contribution is 5.59. The molecule has 2 heteroatoms. The van der Waals surface area contributed by atoms with Gasteiger partial charge in [-0.1, -0.05) is 6.08 Å². The van der Waals surface area contributed by atoms with Gasteiger partial charge in [0, 0.05) is 26.1 Å². The predicted octanol–water partition coefficient (Wildman–Crippen LogP) is 2.02. The zero-order valence-electron chi connectivity index (χ0n) is 6.71. The van der Waals surface area contributed by atoms with Crippen LogP contribution in [-0.4, -0.2) is 19.9 Å². The summed E-state index contributed by atoms with van der Waals surface area (Å²) < 4.78 is 4.54. The van der Waals surface area contributed by atoms with Gasteiger partial charge in [-0.3, -0.25) is 4.99 Å². The highest BCUT2D eigenvalue weighted by Gasteiger charge is 1.78. The Morgan fingerprint density at radius 2 is 2.20 bits per heavy atom. The van der Waals surface area contributed by atoms with Crippen molar-refractivity contribution >= 4 is 6.21 Å². The minimum atomic E-state index is 0.819. The maximum absolute atomic E-state index is 4.54. The van der Waals surface area contributed by atoms with Gasteiger partial charge in [0.15, 0.2) is 0 Å². The van der Waals surface area contributed by atoms with E-state index in [9.17, 15) is 0 Å². The van der Waals surface area contributed by atoms with E-state index >= 15 is 0 Å². The Balaban J connectivity index is 0.000000180. The molecule has 2 nitrogen and oxygen atoms in total. The van der Waals surface area contributed by atoms with Crippen LogP contribution >= 0.6 is 0 Å². The molecule has 0 bridgehead atoms. The van der Waals surface area contributed by atoms with Gasteiger partial charge in [-0.25, -0.2) is 0 Å². The first-order chi connectivity index (χ1) is 4.91. The van der Waals surface area contributed by atoms with E-state index in [1.54, 1.807) is 7.11 Å². The molecule has 0 atom stereocenters. The number of allylic oxidation sites excluding steroid dienone is 1. The third kappa shape index (κ3) is 7.37. The van der Waals surface area contributed by atoms with Crippen LogP contribution < -0.4 is 0 Å². The van der Waals surface area contributed by atoms with Crippen LogP contribution in [0.1, 0.15) is 19.8 Å². The summed E-state index contributed by atoms with van der Waals surface area (Å²) in [5, 5.41) is 0. The molecule has 0 aromatic heterocycles. The molecule has 0 N–H and O–H groups in total. The summed E-state index contributed by atoms with van der Waals surface area (Å²) in [6.07, 6.45) is 8.13. The second-order valence-electron chi connectivity index (χ2n) is 1.87. The lowest BCUT2D eigenvalue weighted by Crippen LogP contribution is -1.75. The third-order valence-corrected chi connectivity index (χ3v) is 1.05. The van der Waals surface area contributed by atoms with Crippen molar-refractivity contribution in [3.05, 3.63) is 12.3 Å². The molecule has 1 heterocycles. The molecule has 1 aliphatic rings. The average Bonchev–Trinajstić information content (AvgIpc) is 2.08. The minimum absolute atomic E-state index is 0.819. The lowest BCUT2D eigenvalue weighted by atomic mass is 10.3. The summed E-state index contributed by atoms with van der Waals surface area (Å²) in [6.45, 7) is 2.78. The summed E-state index contributed by atoms with van der Waals surface area (Å²) in [7, 11) is 1.68. The van der Waals surface area contributed by atoms with Crippen LogP contribution in [-0.2, 0) is 4.74 Å². The predicted molar refractivity (Wildman–Crippen MR) is 44.4 cm³/mol. The van der Waals surface area contributed by atoms with Crippen LogP contribution in [0.3, 0.4) is 0 Å². The van der Waals surface area contributed by atoms with Crippen molar-refractivity contribution in [1.82, 2.24) is 0 Å². The van der Waals surface area contributed by atoms with Crippen molar-refractivity contribution in [2.45, 2.75) is 19.8 Å². The number of methoxy groups -OCH3 is 1. The van der Waals surface area contributed by atoms with E-state index in [4.69, 9.17) is 0 Å². The fourth-order valence-electron chi connectivity index (χ4n) is 0.442. The van der Waals surface area contributed by atoms with E-state index in [0.29, 0.717) is 0 Å². The van der Waals surface area contributed by atoms with E-state index in [1.807, 2.05) is 19.3 Å². The molecule has 0 aromatic rings. The van der Waals surface area contributed by atoms with Crippen molar-refractivity contribution in [3.8, 4) is 0 Å². The molecular formula is C8H15NO. The molecule has 0 saturated heterocycles. The molecule has 0 amide bonds. The molecule has 0 fully saturated rings. The number of hydrogen-bond acceptors (Lipinski definition) is 2. The van der Waals surface area contributed by atoms with Gasteiger partial charge in [0.1, 0.15) is 0 Å². The van der Waals surface area contributed by atoms with Gasteiger partial charge in [0.05, 0.1) is 0 Å². The summed E-state index contributed by atoms with van der Waals surface area (Å²) in [4.78, 5) is 3.87. The molecule has 10 heavy (non-hydrogen) atoms. The number of aliphatic imine (C=N–C) groups is 1. The van der Waals surface area contributed by atoms with Gasteiger partial charge in [-0.15, -0.1) is 0 Å². The van der Waals surface area contributed by atoms with Crippen LogP contribution in [0.25, 0.3) is 0 Å². The van der Waals surface area contributed by atoms with Gasteiger partial charge in [0.25, 0.3) is 0 Å². The Bertz CT molecular complexity index is 93.8. The average molecular weight is 141 g/mol. The Morgan fingerprint density at radius 3 is 2.30 bits per heavy atom. The molecule has 0 spiro atoms. The van der Waals surface area contributed by atoms with E-state index in [2.05, 4.69) is 15.8 Å². The van der Waals surface area contributed by atoms with Gasteiger partial charge in [-0.05, 0) is 19.8 Å². The maximum atomic E-state index is 4.54. The smallest absolute Gasteiger partial charge is 0.0433 e. The molecule has 1 aliphatic heterocycles. The molecule has 0 unspecified atom stereocenters. The highest BCUT2D eigenvalue weighted by Crippen LogP contribution is 1.92. The second-order valence-corrected chi connectivity index (χ2v) is 1.87. The van der Waals surface area contributed by atoms with Crippen molar-refractivity contribution in [2.24, 2.45) is 4.99 Å². The largest absolute Gasteiger partial charge is 0.385 e. The Hall–Kier alpha value is -0.630. The number of rotatable bonds is 1. The summed E-state index contributed by atoms with van der Waals surface area (Å²) in [5.74, 6) is 0. The lowest BCUT2D eigenvalue weighted by molar-refractivity contribution is 0.215. The van der Waals surface area contributed by atoms with Crippen LogP contribution in [0.4, 0.5) is 0 Å². The van der Waals surface area contributed by atoms with Gasteiger partial charge >= 0.3 is 0 Å². The number of ether oxygens (including phenoxy) is 1. The van der Waals surface area contributed by atoms with Gasteiger partial charge in [-0.2, -0.15) is 0 Å². The standard InChI is InChI=1S/C5H7N.C3H8O/c1-2-4-6-5-3-1;1-3-4-2/h2,4-5H,1,3H2;3H2,1-2H3. The first-order valence-electron chi connectivity index (χ1n) is 3.57. The first kappa shape index (κ1) is 9.37. The first-order valence-corrected chi connectivity index (χ1v) is 3.57. The number of hydrogen-bond donors (Lipinski definition) is 0. The normalized spacial score (nSPS) is 14.2. The summed E-state index contributed by atoms with van der Waals surface area (Å²) in [6, 6.07) is 0. The van der Waals surface area contributed by atoms with Crippen LogP contribution in [0.2, 0.25) is 0 Å². The molecular weight excluding hydrogens is 126 g/mol. The summed E-state index contributed by atoms with van der Waals surface area (Å²) >= 11 is 0. The van der Waals surface area contributed by atoms with Gasteiger partial charge < -0.3 is 4.74 Å². The van der Waals surface area contributed by atoms with Crippen molar-refractivity contribution in [1.29, 1.82) is 0 Å². The third-order valence-electron chi connectivity index (χ3n) is 1.05. The Morgan fingerprint density at radius 1 is 1.50 bits per heavy atom. The van der Waals surface area contributed by atoms with E-state index < -0.39 is 0 Å². The quantitative estimate of drug-likeness (QED) is 0.547. The maximum Gasteiger partial charge on any atom is 0.0433 e. The van der Waals surface area contributed by atoms with Crippen LogP contribution in [0, 0.1) is 0 Å². The monoisotopic (exact) mass is 141 g/mol. The topological polar surface area (TPSA) is 21.6 Å². The Kier molecular flexibility index (Phi) is 7.84. The lowest BCUT2D eigenvalue weighted by Gasteiger charge is -1.87. The molecule has 0 radical (unpaired) electrons. The Labute approximate surface area is 62.6 Å². The van der Waals surface area contributed by atoms with E-state index in [1.165, 1.54) is 6.42 Å². The second kappa shape index (κ2) is 8.37. The summed E-state index contributed by atoms with van der Waals surface area (Å²) in [5.41, 5.74) is 0. The van der Waals surface area contributed by atoms with Crippen molar-refractivity contribution < 1.29 is 4.74 Å². The fraction of sp³-hybridized carbons (Fsp3) is 0.625. The molecule has 0 aliphatic carbocycles. The zero-order chi connectivity index (χ0) is 7.66. The van der Waals surface area contributed by atoms with Crippen molar-refractivity contribution in [3.63, 3.8) is 0 Å². The number of nitrogens with zero attached hydrogens (tertiary/aromatic N) is 1. The molecule has 0 aromatic carbocycles. The van der Waals surface area contributed by atoms with Crippen LogP contribution in [0.15, 0.2) is 17.3 Å². The zero-order valence-corrected chi connectivity index (χ0v) is 6.71. The highest BCUT2D eigenvalue weighted by atomic mass is 16.5. The fourth-order valence-corrected chi connectivity index (χ4v) is 0.442.